The lowest BCUT2D eigenvalue weighted by Crippen LogP contribution is -2.47. The lowest BCUT2D eigenvalue weighted by Gasteiger charge is -2.37. The van der Waals surface area contributed by atoms with E-state index in [1.807, 2.05) is 40.6 Å². The van der Waals surface area contributed by atoms with Crippen LogP contribution < -0.4 is 10.5 Å². The Morgan fingerprint density at radius 2 is 1.90 bits per heavy atom. The maximum absolute atomic E-state index is 13.1. The lowest BCUT2D eigenvalue weighted by atomic mass is 9.93. The van der Waals surface area contributed by atoms with Gasteiger partial charge in [-0.3, -0.25) is 14.6 Å². The molecule has 2 aliphatic rings. The number of nitrogens with one attached hydrogen (secondary N) is 1. The molecule has 4 heterocycles. The van der Waals surface area contributed by atoms with Crippen molar-refractivity contribution in [3.05, 3.63) is 46.1 Å². The summed E-state index contributed by atoms with van der Waals surface area (Å²) >= 11 is 1.43. The predicted octanol–water partition coefficient (Wildman–Crippen LogP) is 4.13. The Kier molecular flexibility index (Phi) is 5.52. The molecule has 0 radical (unpaired) electrons. The molecule has 31 heavy (non-hydrogen) atoms. The Morgan fingerprint density at radius 3 is 2.68 bits per heavy atom. The zero-order valence-electron chi connectivity index (χ0n) is 17.8. The number of hydrogen-bond donors (Lipinski definition) is 1. The number of benzene rings is 1. The van der Waals surface area contributed by atoms with Gasteiger partial charge < -0.3 is 9.80 Å². The molecule has 1 amide bonds. The van der Waals surface area contributed by atoms with Crippen LogP contribution in [0.3, 0.4) is 0 Å². The molecular weight excluding hydrogens is 408 g/mol. The van der Waals surface area contributed by atoms with E-state index in [2.05, 4.69) is 16.8 Å². The first-order valence-electron chi connectivity index (χ1n) is 11.2. The van der Waals surface area contributed by atoms with Gasteiger partial charge in [-0.1, -0.05) is 37.3 Å². The minimum Gasteiger partial charge on any atom is -0.342 e. The van der Waals surface area contributed by atoms with Crippen molar-refractivity contribution in [2.24, 2.45) is 11.8 Å². The van der Waals surface area contributed by atoms with Crippen LogP contribution in [0.4, 0.5) is 5.95 Å². The molecular formula is C24H28N4O2S. The molecule has 2 aromatic heterocycles. The molecule has 2 saturated heterocycles. The van der Waals surface area contributed by atoms with Crippen LogP contribution in [0.15, 0.2) is 40.5 Å². The zero-order valence-corrected chi connectivity index (χ0v) is 18.7. The number of aromatic amines is 1. The van der Waals surface area contributed by atoms with Gasteiger partial charge in [0.05, 0.1) is 11.4 Å². The smallest absolute Gasteiger partial charge is 0.270 e. The Bertz CT molecular complexity index is 1130. The fourth-order valence-electron chi connectivity index (χ4n) is 4.75. The molecule has 5 rings (SSSR count). The van der Waals surface area contributed by atoms with Crippen LogP contribution in [0.5, 0.6) is 0 Å². The van der Waals surface area contributed by atoms with E-state index >= 15 is 0 Å². The van der Waals surface area contributed by atoms with Crippen molar-refractivity contribution in [2.45, 2.75) is 32.6 Å². The highest BCUT2D eigenvalue weighted by atomic mass is 32.1. The summed E-state index contributed by atoms with van der Waals surface area (Å²) in [6.07, 6.45) is 4.02. The number of fused-ring (bicyclic) bond motifs is 1. The molecule has 6 nitrogen and oxygen atoms in total. The van der Waals surface area contributed by atoms with Gasteiger partial charge in [0.2, 0.25) is 11.9 Å². The van der Waals surface area contributed by atoms with Crippen LogP contribution >= 0.6 is 11.3 Å². The fraction of sp³-hybridized carbons (Fsp3) is 0.458. The number of nitrogens with zero attached hydrogens (tertiary/aromatic N) is 3. The van der Waals surface area contributed by atoms with Crippen LogP contribution in [-0.2, 0) is 4.79 Å². The average molecular weight is 437 g/mol. The van der Waals surface area contributed by atoms with Crippen molar-refractivity contribution >= 4 is 33.4 Å². The van der Waals surface area contributed by atoms with Gasteiger partial charge in [-0.05, 0) is 37.2 Å². The predicted molar refractivity (Wildman–Crippen MR) is 126 cm³/mol. The first-order valence-corrected chi connectivity index (χ1v) is 12.1. The number of aromatic nitrogens is 2. The van der Waals surface area contributed by atoms with Gasteiger partial charge in [0.1, 0.15) is 4.70 Å². The van der Waals surface area contributed by atoms with E-state index in [0.717, 1.165) is 62.0 Å². The van der Waals surface area contributed by atoms with Crippen LogP contribution in [0, 0.1) is 11.8 Å². The number of carbonyl (C=O) groups is 1. The maximum atomic E-state index is 13.1. The Labute approximate surface area is 185 Å². The molecule has 7 heteroatoms. The van der Waals surface area contributed by atoms with E-state index in [0.29, 0.717) is 23.1 Å². The fourth-order valence-corrected chi connectivity index (χ4v) is 5.66. The standard InChI is InChI=1S/C24H28N4O2S/c1-16-9-12-27(13-10-16)23(30)18-8-5-11-28(14-18)24-25-20-19(17-6-3-2-4-7-17)15-31-21(20)22(29)26-24/h2-4,6-7,15-16,18H,5,8-14H2,1H3,(H,25,26,29). The first-order chi connectivity index (χ1) is 15.1. The highest BCUT2D eigenvalue weighted by molar-refractivity contribution is 7.17. The molecule has 1 N–H and O–H groups in total. The van der Waals surface area contributed by atoms with Crippen LogP contribution in [0.1, 0.15) is 32.6 Å². The number of hydrogen-bond acceptors (Lipinski definition) is 5. The molecule has 0 aliphatic carbocycles. The highest BCUT2D eigenvalue weighted by Gasteiger charge is 2.32. The monoisotopic (exact) mass is 436 g/mol. The second kappa shape index (κ2) is 8.46. The molecule has 3 aromatic rings. The average Bonchev–Trinajstić information content (AvgIpc) is 3.24. The van der Waals surface area contributed by atoms with Crippen molar-refractivity contribution in [1.82, 2.24) is 14.9 Å². The molecule has 0 spiro atoms. The quantitative estimate of drug-likeness (QED) is 0.670. The van der Waals surface area contributed by atoms with Gasteiger partial charge in [0.25, 0.3) is 5.56 Å². The molecule has 1 unspecified atom stereocenters. The second-order valence-electron chi connectivity index (χ2n) is 8.88. The number of carbonyl (C=O) groups excluding carboxylic acids is 1. The van der Waals surface area contributed by atoms with E-state index in [9.17, 15) is 9.59 Å². The SMILES string of the molecule is CC1CCN(C(=O)C2CCCN(c3nc4c(-c5ccccc5)csc4c(=O)[nH]3)C2)CC1. The molecule has 2 aliphatic heterocycles. The highest BCUT2D eigenvalue weighted by Crippen LogP contribution is 2.32. The topological polar surface area (TPSA) is 69.3 Å². The molecule has 2 fully saturated rings. The van der Waals surface area contributed by atoms with Gasteiger partial charge in [0, 0.05) is 37.1 Å². The third-order valence-electron chi connectivity index (χ3n) is 6.66. The van der Waals surface area contributed by atoms with E-state index in [1.165, 1.54) is 11.3 Å². The summed E-state index contributed by atoms with van der Waals surface area (Å²) in [5, 5.41) is 2.01. The lowest BCUT2D eigenvalue weighted by molar-refractivity contribution is -0.137. The molecule has 0 bridgehead atoms. The third kappa shape index (κ3) is 3.99. The summed E-state index contributed by atoms with van der Waals surface area (Å²) in [5.74, 6) is 1.52. The largest absolute Gasteiger partial charge is 0.342 e. The molecule has 1 atom stereocenters. The summed E-state index contributed by atoms with van der Waals surface area (Å²) in [6.45, 7) is 5.42. The zero-order chi connectivity index (χ0) is 21.4. The third-order valence-corrected chi connectivity index (χ3v) is 7.63. The Morgan fingerprint density at radius 1 is 1.13 bits per heavy atom. The molecule has 1 aromatic carbocycles. The summed E-state index contributed by atoms with van der Waals surface area (Å²) < 4.78 is 0.648. The van der Waals surface area contributed by atoms with Crippen molar-refractivity contribution in [1.29, 1.82) is 0 Å². The minimum atomic E-state index is -0.106. The summed E-state index contributed by atoms with van der Waals surface area (Å²) in [7, 11) is 0. The van der Waals surface area contributed by atoms with E-state index < -0.39 is 0 Å². The summed E-state index contributed by atoms with van der Waals surface area (Å²) in [5.41, 5.74) is 2.68. The van der Waals surface area contributed by atoms with Crippen molar-refractivity contribution in [3.63, 3.8) is 0 Å². The van der Waals surface area contributed by atoms with Crippen LogP contribution in [0.25, 0.3) is 21.3 Å². The summed E-state index contributed by atoms with van der Waals surface area (Å²) in [4.78, 5) is 37.9. The van der Waals surface area contributed by atoms with Crippen molar-refractivity contribution in [2.75, 3.05) is 31.1 Å². The number of likely N-dealkylation sites (tertiary alicyclic amines) is 1. The van der Waals surface area contributed by atoms with Gasteiger partial charge in [-0.25, -0.2) is 4.98 Å². The van der Waals surface area contributed by atoms with Crippen LogP contribution in [-0.4, -0.2) is 47.0 Å². The van der Waals surface area contributed by atoms with E-state index in [1.54, 1.807) is 0 Å². The number of amides is 1. The number of thiophene rings is 1. The maximum Gasteiger partial charge on any atom is 0.270 e. The van der Waals surface area contributed by atoms with Gasteiger partial charge >= 0.3 is 0 Å². The summed E-state index contributed by atoms with van der Waals surface area (Å²) in [6, 6.07) is 10.1. The Hall–Kier alpha value is -2.67. The van der Waals surface area contributed by atoms with Gasteiger partial charge in [-0.2, -0.15) is 0 Å². The second-order valence-corrected chi connectivity index (χ2v) is 9.76. The van der Waals surface area contributed by atoms with Gasteiger partial charge in [-0.15, -0.1) is 11.3 Å². The molecule has 0 saturated carbocycles. The first kappa shape index (κ1) is 20.2. The van der Waals surface area contributed by atoms with E-state index in [-0.39, 0.29) is 17.4 Å². The van der Waals surface area contributed by atoms with E-state index in [4.69, 9.17) is 4.98 Å². The van der Waals surface area contributed by atoms with Crippen LogP contribution in [0.2, 0.25) is 0 Å². The Balaban J connectivity index is 1.41. The minimum absolute atomic E-state index is 0.0285. The number of anilines is 1. The number of rotatable bonds is 3. The number of H-pyrrole nitrogens is 1. The molecule has 162 valence electrons. The number of piperidine rings is 2. The normalized spacial score (nSPS) is 20.4. The van der Waals surface area contributed by atoms with Crippen molar-refractivity contribution < 1.29 is 4.79 Å². The van der Waals surface area contributed by atoms with Crippen molar-refractivity contribution in [3.8, 4) is 11.1 Å². The van der Waals surface area contributed by atoms with Gasteiger partial charge in [0.15, 0.2) is 0 Å².